The van der Waals surface area contributed by atoms with E-state index in [4.69, 9.17) is 14.9 Å². The second-order valence-corrected chi connectivity index (χ2v) is 6.39. The van der Waals surface area contributed by atoms with Gasteiger partial charge in [-0.15, -0.1) is 0 Å². The van der Waals surface area contributed by atoms with E-state index in [1.165, 1.54) is 0 Å². The molecule has 2 N–H and O–H groups in total. The van der Waals surface area contributed by atoms with E-state index < -0.39 is 0 Å². The van der Waals surface area contributed by atoms with Crippen molar-refractivity contribution in [2.75, 3.05) is 13.1 Å². The number of hydrogen-bond acceptors (Lipinski definition) is 4. The zero-order chi connectivity index (χ0) is 16.9. The number of likely N-dealkylation sites (tertiary alicyclic amines) is 1. The first kappa shape index (κ1) is 16.6. The van der Waals surface area contributed by atoms with E-state index >= 15 is 0 Å². The number of furan rings is 1. The number of para-hydroxylation sites is 1. The fourth-order valence-electron chi connectivity index (χ4n) is 3.08. The number of hydrogen-bond donors (Lipinski definition) is 1. The molecule has 1 saturated heterocycles. The molecule has 1 fully saturated rings. The largest absolute Gasteiger partial charge is 0.489 e. The van der Waals surface area contributed by atoms with E-state index in [0.29, 0.717) is 24.8 Å². The SMILES string of the molecule is CC(N)C1CCCN(C(=O)c2occc2COc2ccccc2)C1. The summed E-state index contributed by atoms with van der Waals surface area (Å²) in [6.07, 6.45) is 3.60. The maximum Gasteiger partial charge on any atom is 0.289 e. The molecule has 2 atom stereocenters. The average molecular weight is 328 g/mol. The first-order valence-electron chi connectivity index (χ1n) is 8.44. The molecule has 2 heterocycles. The number of carbonyl (C=O) groups is 1. The number of carbonyl (C=O) groups excluding carboxylic acids is 1. The molecule has 0 radical (unpaired) electrons. The highest BCUT2D eigenvalue weighted by atomic mass is 16.5. The minimum Gasteiger partial charge on any atom is -0.489 e. The van der Waals surface area contributed by atoms with Crippen LogP contribution < -0.4 is 10.5 Å². The molecule has 1 aliphatic rings. The molecule has 0 spiro atoms. The molecule has 0 saturated carbocycles. The lowest BCUT2D eigenvalue weighted by Gasteiger charge is -2.34. The van der Waals surface area contributed by atoms with Crippen molar-refractivity contribution >= 4 is 5.91 Å². The van der Waals surface area contributed by atoms with Gasteiger partial charge in [0.05, 0.1) is 6.26 Å². The maximum atomic E-state index is 12.8. The Morgan fingerprint density at radius 1 is 1.38 bits per heavy atom. The van der Waals surface area contributed by atoms with Crippen LogP contribution in [0.4, 0.5) is 0 Å². The Hall–Kier alpha value is -2.27. The van der Waals surface area contributed by atoms with Gasteiger partial charge in [-0.25, -0.2) is 0 Å². The van der Waals surface area contributed by atoms with Crippen LogP contribution in [0, 0.1) is 5.92 Å². The van der Waals surface area contributed by atoms with Gasteiger partial charge < -0.3 is 19.8 Å². The van der Waals surface area contributed by atoms with Crippen molar-refractivity contribution in [1.82, 2.24) is 4.90 Å². The van der Waals surface area contributed by atoms with Crippen LogP contribution in [0.15, 0.2) is 47.1 Å². The van der Waals surface area contributed by atoms with Crippen LogP contribution in [0.5, 0.6) is 5.75 Å². The first-order chi connectivity index (χ1) is 11.6. The highest BCUT2D eigenvalue weighted by Crippen LogP contribution is 2.23. The van der Waals surface area contributed by atoms with Gasteiger partial charge in [0.15, 0.2) is 5.76 Å². The van der Waals surface area contributed by atoms with Crippen molar-refractivity contribution in [3.63, 3.8) is 0 Å². The average Bonchev–Trinajstić information content (AvgIpc) is 3.09. The van der Waals surface area contributed by atoms with E-state index in [0.717, 1.165) is 30.7 Å². The number of piperidine rings is 1. The summed E-state index contributed by atoms with van der Waals surface area (Å²) in [5.74, 6) is 1.42. The molecule has 3 rings (SSSR count). The smallest absolute Gasteiger partial charge is 0.289 e. The fourth-order valence-corrected chi connectivity index (χ4v) is 3.08. The number of rotatable bonds is 5. The number of amides is 1. The van der Waals surface area contributed by atoms with E-state index in [9.17, 15) is 4.79 Å². The number of nitrogens with zero attached hydrogens (tertiary/aromatic N) is 1. The summed E-state index contributed by atoms with van der Waals surface area (Å²) in [7, 11) is 0. The van der Waals surface area contributed by atoms with Crippen LogP contribution in [0.1, 0.15) is 35.9 Å². The molecule has 5 nitrogen and oxygen atoms in total. The standard InChI is InChI=1S/C19H24N2O3/c1-14(20)15-6-5-10-21(12-15)19(22)18-16(9-11-23-18)13-24-17-7-3-2-4-8-17/h2-4,7-9,11,14-15H,5-6,10,12-13,20H2,1H3. The Labute approximate surface area is 142 Å². The summed E-state index contributed by atoms with van der Waals surface area (Å²) >= 11 is 0. The maximum absolute atomic E-state index is 12.8. The third-order valence-corrected chi connectivity index (χ3v) is 4.57. The zero-order valence-electron chi connectivity index (χ0n) is 14.0. The van der Waals surface area contributed by atoms with Gasteiger partial charge >= 0.3 is 0 Å². The van der Waals surface area contributed by atoms with Crippen LogP contribution in [0.3, 0.4) is 0 Å². The van der Waals surface area contributed by atoms with Crippen LogP contribution in [-0.2, 0) is 6.61 Å². The summed E-state index contributed by atoms with van der Waals surface area (Å²) in [5, 5.41) is 0. The predicted octanol–water partition coefficient (Wildman–Crippen LogP) is 3.06. The van der Waals surface area contributed by atoms with Gasteiger partial charge in [0.1, 0.15) is 12.4 Å². The molecule has 1 aromatic heterocycles. The molecule has 0 bridgehead atoms. The van der Waals surface area contributed by atoms with Gasteiger partial charge in [0.25, 0.3) is 5.91 Å². The fraction of sp³-hybridized carbons (Fsp3) is 0.421. The first-order valence-corrected chi connectivity index (χ1v) is 8.44. The van der Waals surface area contributed by atoms with Crippen molar-refractivity contribution in [3.8, 4) is 5.75 Å². The van der Waals surface area contributed by atoms with Crippen LogP contribution >= 0.6 is 0 Å². The molecule has 0 aliphatic carbocycles. The zero-order valence-corrected chi connectivity index (χ0v) is 14.0. The molecule has 5 heteroatoms. The Bertz CT molecular complexity index is 666. The quantitative estimate of drug-likeness (QED) is 0.916. The molecular weight excluding hydrogens is 304 g/mol. The Morgan fingerprint density at radius 3 is 2.92 bits per heavy atom. The van der Waals surface area contributed by atoms with E-state index in [1.807, 2.05) is 42.2 Å². The molecule has 2 aromatic rings. The number of nitrogens with two attached hydrogens (primary N) is 1. The highest BCUT2D eigenvalue weighted by molar-refractivity contribution is 5.93. The van der Waals surface area contributed by atoms with Crippen molar-refractivity contribution in [2.45, 2.75) is 32.4 Å². The van der Waals surface area contributed by atoms with Crippen LogP contribution in [0.25, 0.3) is 0 Å². The molecule has 24 heavy (non-hydrogen) atoms. The number of benzene rings is 1. The van der Waals surface area contributed by atoms with Crippen molar-refractivity contribution in [2.24, 2.45) is 11.7 Å². The second kappa shape index (κ2) is 7.53. The molecule has 128 valence electrons. The lowest BCUT2D eigenvalue weighted by Crippen LogP contribution is -2.45. The van der Waals surface area contributed by atoms with Crippen LogP contribution in [0.2, 0.25) is 0 Å². The highest BCUT2D eigenvalue weighted by Gasteiger charge is 2.29. The number of ether oxygens (including phenoxy) is 1. The molecule has 2 unspecified atom stereocenters. The lowest BCUT2D eigenvalue weighted by atomic mass is 9.92. The molecule has 1 aliphatic heterocycles. The summed E-state index contributed by atoms with van der Waals surface area (Å²) in [6.45, 7) is 3.76. The Balaban J connectivity index is 1.66. The van der Waals surface area contributed by atoms with Gasteiger partial charge in [0, 0.05) is 24.7 Å². The Morgan fingerprint density at radius 2 is 2.17 bits per heavy atom. The van der Waals surface area contributed by atoms with Crippen LogP contribution in [-0.4, -0.2) is 29.9 Å². The van der Waals surface area contributed by atoms with E-state index in [-0.39, 0.29) is 11.9 Å². The monoisotopic (exact) mass is 328 g/mol. The summed E-state index contributed by atoms with van der Waals surface area (Å²) in [6, 6.07) is 11.4. The summed E-state index contributed by atoms with van der Waals surface area (Å²) < 4.78 is 11.2. The second-order valence-electron chi connectivity index (χ2n) is 6.39. The summed E-state index contributed by atoms with van der Waals surface area (Å²) in [4.78, 5) is 14.6. The van der Waals surface area contributed by atoms with E-state index in [2.05, 4.69) is 0 Å². The van der Waals surface area contributed by atoms with Gasteiger partial charge in [0.2, 0.25) is 0 Å². The third-order valence-electron chi connectivity index (χ3n) is 4.57. The minimum atomic E-state index is -0.0722. The van der Waals surface area contributed by atoms with Gasteiger partial charge in [-0.05, 0) is 43.9 Å². The van der Waals surface area contributed by atoms with Gasteiger partial charge in [-0.1, -0.05) is 18.2 Å². The molecule has 1 amide bonds. The molecular formula is C19H24N2O3. The van der Waals surface area contributed by atoms with Crippen molar-refractivity contribution in [1.29, 1.82) is 0 Å². The topological polar surface area (TPSA) is 68.7 Å². The lowest BCUT2D eigenvalue weighted by molar-refractivity contribution is 0.0625. The minimum absolute atomic E-state index is 0.0722. The third kappa shape index (κ3) is 3.79. The normalized spacial score (nSPS) is 19.1. The summed E-state index contributed by atoms with van der Waals surface area (Å²) in [5.41, 5.74) is 6.78. The Kier molecular flexibility index (Phi) is 5.20. The van der Waals surface area contributed by atoms with Gasteiger partial charge in [-0.2, -0.15) is 0 Å². The predicted molar refractivity (Wildman–Crippen MR) is 91.8 cm³/mol. The molecule has 1 aromatic carbocycles. The van der Waals surface area contributed by atoms with Crippen molar-refractivity contribution in [3.05, 3.63) is 54.0 Å². The van der Waals surface area contributed by atoms with Gasteiger partial charge in [-0.3, -0.25) is 4.79 Å². The van der Waals surface area contributed by atoms with Crippen molar-refractivity contribution < 1.29 is 13.9 Å². The van der Waals surface area contributed by atoms with E-state index in [1.54, 1.807) is 12.3 Å².